The number of hydrogen-bond donors (Lipinski definition) is 1. The maximum absolute atomic E-state index is 6.02. The molecule has 0 bridgehead atoms. The monoisotopic (exact) mass is 209 g/mol. The topological polar surface area (TPSA) is 12.0 Å². The van der Waals surface area contributed by atoms with Crippen LogP contribution in [-0.4, -0.2) is 6.54 Å². The molecule has 0 saturated heterocycles. The molecule has 76 valence electrons. The van der Waals surface area contributed by atoms with Crippen molar-refractivity contribution >= 4 is 17.3 Å². The van der Waals surface area contributed by atoms with E-state index in [1.54, 1.807) is 0 Å². The van der Waals surface area contributed by atoms with Crippen molar-refractivity contribution in [2.24, 2.45) is 5.92 Å². The minimum atomic E-state index is 0.657. The smallest absolute Gasteiger partial charge is 0.0410 e. The molecule has 2 rings (SSSR count). The van der Waals surface area contributed by atoms with Crippen LogP contribution in [0.5, 0.6) is 0 Å². The third-order valence-electron chi connectivity index (χ3n) is 2.99. The van der Waals surface area contributed by atoms with Gasteiger partial charge in [-0.3, -0.25) is 0 Å². The molecule has 0 radical (unpaired) electrons. The minimum Gasteiger partial charge on any atom is -0.385 e. The number of rotatable bonds is 1. The lowest BCUT2D eigenvalue weighted by molar-refractivity contribution is 0.469. The number of anilines is 1. The van der Waals surface area contributed by atoms with E-state index in [1.165, 1.54) is 17.7 Å². The van der Waals surface area contributed by atoms with E-state index in [2.05, 4.69) is 31.3 Å². The molecule has 0 fully saturated rings. The molecule has 0 aromatic heterocycles. The lowest BCUT2D eigenvalue weighted by atomic mass is 9.83. The van der Waals surface area contributed by atoms with Gasteiger partial charge in [0.1, 0.15) is 0 Å². The van der Waals surface area contributed by atoms with Crippen LogP contribution in [0.3, 0.4) is 0 Å². The molecule has 2 heteroatoms. The fourth-order valence-corrected chi connectivity index (χ4v) is 2.39. The summed E-state index contributed by atoms with van der Waals surface area (Å²) in [5, 5.41) is 4.26. The van der Waals surface area contributed by atoms with E-state index in [9.17, 15) is 0 Å². The number of fused-ring (bicyclic) bond motifs is 1. The predicted molar refractivity (Wildman–Crippen MR) is 62.1 cm³/mol. The van der Waals surface area contributed by atoms with Crippen molar-refractivity contribution in [2.75, 3.05) is 11.9 Å². The van der Waals surface area contributed by atoms with Crippen molar-refractivity contribution in [2.45, 2.75) is 26.2 Å². The zero-order valence-corrected chi connectivity index (χ0v) is 9.43. The largest absolute Gasteiger partial charge is 0.385 e. The average Bonchev–Trinajstić information content (AvgIpc) is 2.16. The Kier molecular flexibility index (Phi) is 2.69. The molecular formula is C12H16ClN. The molecule has 1 nitrogen and oxygen atoms in total. The summed E-state index contributed by atoms with van der Waals surface area (Å²) < 4.78 is 0. The molecule has 1 aliphatic rings. The maximum atomic E-state index is 6.02. The van der Waals surface area contributed by atoms with E-state index in [1.807, 2.05) is 6.07 Å². The molecule has 1 atom stereocenters. The van der Waals surface area contributed by atoms with Crippen molar-refractivity contribution in [3.63, 3.8) is 0 Å². The van der Waals surface area contributed by atoms with E-state index in [-0.39, 0.29) is 0 Å². The standard InChI is InChI=1S/C12H16ClN/c1-8(2)10-5-6-14-12-4-3-9(13)7-11(10)12/h3-4,7-8,10,14H,5-6H2,1-2H3. The van der Waals surface area contributed by atoms with Crippen LogP contribution < -0.4 is 5.32 Å². The summed E-state index contributed by atoms with van der Waals surface area (Å²) in [5.74, 6) is 1.35. The van der Waals surface area contributed by atoms with Gasteiger partial charge in [0.25, 0.3) is 0 Å². The van der Waals surface area contributed by atoms with Crippen LogP contribution in [0.25, 0.3) is 0 Å². The van der Waals surface area contributed by atoms with Crippen LogP contribution in [0.4, 0.5) is 5.69 Å². The molecule has 1 aromatic carbocycles. The molecule has 0 aliphatic carbocycles. The molecule has 1 heterocycles. The van der Waals surface area contributed by atoms with E-state index < -0.39 is 0 Å². The van der Waals surface area contributed by atoms with Gasteiger partial charge in [-0.1, -0.05) is 25.4 Å². The lowest BCUT2D eigenvalue weighted by Crippen LogP contribution is -2.20. The summed E-state index contributed by atoms with van der Waals surface area (Å²) >= 11 is 6.02. The molecule has 1 N–H and O–H groups in total. The van der Waals surface area contributed by atoms with Crippen molar-refractivity contribution in [3.05, 3.63) is 28.8 Å². The number of benzene rings is 1. The number of halogens is 1. The molecule has 0 saturated carbocycles. The second-order valence-electron chi connectivity index (χ2n) is 4.30. The lowest BCUT2D eigenvalue weighted by Gasteiger charge is -2.29. The van der Waals surface area contributed by atoms with Crippen LogP contribution in [-0.2, 0) is 0 Å². The van der Waals surface area contributed by atoms with Gasteiger partial charge in [0.2, 0.25) is 0 Å². The summed E-state index contributed by atoms with van der Waals surface area (Å²) in [6.07, 6.45) is 1.21. The van der Waals surface area contributed by atoms with E-state index in [0.29, 0.717) is 11.8 Å². The molecule has 0 spiro atoms. The summed E-state index contributed by atoms with van der Waals surface area (Å²) in [5.41, 5.74) is 2.65. The van der Waals surface area contributed by atoms with Gasteiger partial charge in [-0.05, 0) is 42.0 Å². The normalized spacial score (nSPS) is 20.4. The molecule has 0 amide bonds. The first-order chi connectivity index (χ1) is 6.68. The number of nitrogens with one attached hydrogen (secondary N) is 1. The fourth-order valence-electron chi connectivity index (χ4n) is 2.21. The Bertz CT molecular complexity index is 333. The predicted octanol–water partition coefficient (Wildman–Crippen LogP) is 3.90. The fraction of sp³-hybridized carbons (Fsp3) is 0.500. The Balaban J connectivity index is 2.41. The van der Waals surface area contributed by atoms with Crippen LogP contribution >= 0.6 is 11.6 Å². The number of hydrogen-bond acceptors (Lipinski definition) is 1. The van der Waals surface area contributed by atoms with Crippen molar-refractivity contribution in [1.82, 2.24) is 0 Å². The third kappa shape index (κ3) is 1.74. The summed E-state index contributed by atoms with van der Waals surface area (Å²) in [4.78, 5) is 0. The highest BCUT2D eigenvalue weighted by atomic mass is 35.5. The highest BCUT2D eigenvalue weighted by Crippen LogP contribution is 2.37. The van der Waals surface area contributed by atoms with Gasteiger partial charge >= 0.3 is 0 Å². The van der Waals surface area contributed by atoms with Gasteiger partial charge in [-0.25, -0.2) is 0 Å². The molecular weight excluding hydrogens is 194 g/mol. The second kappa shape index (κ2) is 3.82. The minimum absolute atomic E-state index is 0.657. The molecule has 1 unspecified atom stereocenters. The average molecular weight is 210 g/mol. The van der Waals surface area contributed by atoms with Gasteiger partial charge < -0.3 is 5.32 Å². The Morgan fingerprint density at radius 3 is 2.93 bits per heavy atom. The first-order valence-electron chi connectivity index (χ1n) is 5.22. The van der Waals surface area contributed by atoms with Crippen LogP contribution in [0, 0.1) is 5.92 Å². The van der Waals surface area contributed by atoms with Gasteiger partial charge in [0, 0.05) is 17.3 Å². The molecule has 1 aromatic rings. The van der Waals surface area contributed by atoms with Gasteiger partial charge in [-0.15, -0.1) is 0 Å². The quantitative estimate of drug-likeness (QED) is 0.740. The van der Waals surface area contributed by atoms with Crippen LogP contribution in [0.1, 0.15) is 31.7 Å². The maximum Gasteiger partial charge on any atom is 0.0410 e. The van der Waals surface area contributed by atoms with E-state index in [0.717, 1.165) is 11.6 Å². The zero-order chi connectivity index (χ0) is 10.1. The van der Waals surface area contributed by atoms with E-state index >= 15 is 0 Å². The Hall–Kier alpha value is -0.690. The first-order valence-corrected chi connectivity index (χ1v) is 5.59. The Morgan fingerprint density at radius 1 is 1.43 bits per heavy atom. The summed E-state index contributed by atoms with van der Waals surface area (Å²) in [7, 11) is 0. The van der Waals surface area contributed by atoms with Crippen molar-refractivity contribution < 1.29 is 0 Å². The second-order valence-corrected chi connectivity index (χ2v) is 4.73. The van der Waals surface area contributed by atoms with Crippen molar-refractivity contribution in [1.29, 1.82) is 0 Å². The first kappa shape index (κ1) is 9.85. The van der Waals surface area contributed by atoms with Gasteiger partial charge in [0.05, 0.1) is 0 Å². The van der Waals surface area contributed by atoms with Gasteiger partial charge in [-0.2, -0.15) is 0 Å². The highest BCUT2D eigenvalue weighted by molar-refractivity contribution is 6.30. The van der Waals surface area contributed by atoms with Crippen LogP contribution in [0.2, 0.25) is 5.02 Å². The summed E-state index contributed by atoms with van der Waals surface area (Å²) in [6.45, 7) is 5.64. The Morgan fingerprint density at radius 2 is 2.21 bits per heavy atom. The van der Waals surface area contributed by atoms with Crippen molar-refractivity contribution in [3.8, 4) is 0 Å². The Labute approximate surface area is 90.5 Å². The van der Waals surface area contributed by atoms with E-state index in [4.69, 9.17) is 11.6 Å². The zero-order valence-electron chi connectivity index (χ0n) is 8.68. The molecule has 14 heavy (non-hydrogen) atoms. The highest BCUT2D eigenvalue weighted by Gasteiger charge is 2.22. The van der Waals surface area contributed by atoms with Gasteiger partial charge in [0.15, 0.2) is 0 Å². The van der Waals surface area contributed by atoms with Crippen LogP contribution in [0.15, 0.2) is 18.2 Å². The molecule has 1 aliphatic heterocycles. The summed E-state index contributed by atoms with van der Waals surface area (Å²) in [6, 6.07) is 6.15. The SMILES string of the molecule is CC(C)C1CCNc2ccc(Cl)cc21. The third-order valence-corrected chi connectivity index (χ3v) is 3.22.